The van der Waals surface area contributed by atoms with Crippen LogP contribution in [0.2, 0.25) is 0 Å². The second-order valence-corrected chi connectivity index (χ2v) is 3.96. The molecule has 0 bridgehead atoms. The van der Waals surface area contributed by atoms with Crippen LogP contribution in [0.15, 0.2) is 54.6 Å². The maximum absolute atomic E-state index is 12.0. The zero-order chi connectivity index (χ0) is 13.7. The van der Waals surface area contributed by atoms with E-state index in [0.29, 0.717) is 5.75 Å². The van der Waals surface area contributed by atoms with Crippen LogP contribution in [0, 0.1) is 0 Å². The third kappa shape index (κ3) is 3.01. The summed E-state index contributed by atoms with van der Waals surface area (Å²) in [5.41, 5.74) is 1.10. The molecule has 0 unspecified atom stereocenters. The summed E-state index contributed by atoms with van der Waals surface area (Å²) in [6.45, 7) is 0. The highest BCUT2D eigenvalue weighted by Crippen LogP contribution is 2.20. The molecule has 0 radical (unpaired) electrons. The third-order valence-electron chi connectivity index (χ3n) is 2.72. The fourth-order valence-electron chi connectivity index (χ4n) is 1.74. The van der Waals surface area contributed by atoms with E-state index in [9.17, 15) is 9.90 Å². The van der Waals surface area contributed by atoms with E-state index in [4.69, 9.17) is 4.74 Å². The zero-order valence-corrected chi connectivity index (χ0v) is 10.5. The van der Waals surface area contributed by atoms with Crippen molar-refractivity contribution in [3.05, 3.63) is 65.7 Å². The number of hydrogen-bond donors (Lipinski definition) is 1. The highest BCUT2D eigenvalue weighted by molar-refractivity contribution is 6.08. The lowest BCUT2D eigenvalue weighted by Crippen LogP contribution is -1.94. The van der Waals surface area contributed by atoms with Crippen molar-refractivity contribution in [3.63, 3.8) is 0 Å². The first-order valence-corrected chi connectivity index (χ1v) is 5.86. The van der Waals surface area contributed by atoms with Gasteiger partial charge in [-0.15, -0.1) is 0 Å². The van der Waals surface area contributed by atoms with E-state index in [-0.39, 0.29) is 17.1 Å². The predicted molar refractivity (Wildman–Crippen MR) is 74.5 cm³/mol. The molecule has 0 heterocycles. The summed E-state index contributed by atoms with van der Waals surface area (Å²) in [6, 6.07) is 13.9. The Morgan fingerprint density at radius 3 is 2.53 bits per heavy atom. The van der Waals surface area contributed by atoms with E-state index in [1.807, 2.05) is 24.3 Å². The van der Waals surface area contributed by atoms with Gasteiger partial charge in [0.05, 0.1) is 12.7 Å². The van der Waals surface area contributed by atoms with E-state index in [2.05, 4.69) is 0 Å². The first-order chi connectivity index (χ1) is 9.22. The Hall–Kier alpha value is -2.55. The average Bonchev–Trinajstić information content (AvgIpc) is 2.45. The number of aromatic hydroxyl groups is 1. The molecule has 0 aliphatic carbocycles. The Bertz CT molecular complexity index is 615. The number of allylic oxidation sites excluding steroid dienone is 1. The summed E-state index contributed by atoms with van der Waals surface area (Å²) >= 11 is 0. The summed E-state index contributed by atoms with van der Waals surface area (Å²) in [6.07, 6.45) is 3.10. The molecule has 0 amide bonds. The number of para-hydroxylation sites is 2. The van der Waals surface area contributed by atoms with Crippen LogP contribution < -0.4 is 4.74 Å². The molecule has 3 heteroatoms. The van der Waals surface area contributed by atoms with E-state index in [0.717, 1.165) is 5.56 Å². The molecule has 0 spiro atoms. The van der Waals surface area contributed by atoms with Crippen LogP contribution in [-0.4, -0.2) is 18.0 Å². The van der Waals surface area contributed by atoms with Crippen LogP contribution in [-0.2, 0) is 0 Å². The van der Waals surface area contributed by atoms with Crippen molar-refractivity contribution in [1.29, 1.82) is 0 Å². The first kappa shape index (κ1) is 12.9. The molecule has 2 rings (SSSR count). The second-order valence-electron chi connectivity index (χ2n) is 3.96. The molecule has 1 N–H and O–H groups in total. The Balaban J connectivity index is 2.24. The van der Waals surface area contributed by atoms with Crippen molar-refractivity contribution in [3.8, 4) is 11.5 Å². The molecule has 0 atom stereocenters. The minimum Gasteiger partial charge on any atom is -0.507 e. The Morgan fingerprint density at radius 1 is 1.11 bits per heavy atom. The van der Waals surface area contributed by atoms with E-state index < -0.39 is 0 Å². The number of carbonyl (C=O) groups is 1. The van der Waals surface area contributed by atoms with Gasteiger partial charge in [-0.05, 0) is 30.4 Å². The smallest absolute Gasteiger partial charge is 0.189 e. The minimum absolute atomic E-state index is 0.0165. The highest BCUT2D eigenvalue weighted by Gasteiger charge is 2.07. The van der Waals surface area contributed by atoms with Crippen LogP contribution in [0.1, 0.15) is 15.9 Å². The van der Waals surface area contributed by atoms with Gasteiger partial charge in [0.2, 0.25) is 0 Å². The van der Waals surface area contributed by atoms with Gasteiger partial charge in [0.15, 0.2) is 5.78 Å². The Labute approximate surface area is 111 Å². The minimum atomic E-state index is -0.246. The third-order valence-corrected chi connectivity index (χ3v) is 2.72. The van der Waals surface area contributed by atoms with Crippen molar-refractivity contribution in [2.24, 2.45) is 0 Å². The van der Waals surface area contributed by atoms with Crippen LogP contribution >= 0.6 is 0 Å². The molecule has 19 heavy (non-hydrogen) atoms. The van der Waals surface area contributed by atoms with Crippen LogP contribution in [0.5, 0.6) is 11.5 Å². The van der Waals surface area contributed by atoms with Crippen molar-refractivity contribution >= 4 is 11.9 Å². The SMILES string of the molecule is COc1ccccc1C=CC(=O)c1ccccc1O. The number of ketones is 1. The van der Waals surface area contributed by atoms with Gasteiger partial charge in [0.1, 0.15) is 11.5 Å². The van der Waals surface area contributed by atoms with E-state index in [1.54, 1.807) is 31.4 Å². The maximum atomic E-state index is 12.0. The monoisotopic (exact) mass is 254 g/mol. The van der Waals surface area contributed by atoms with Gasteiger partial charge in [-0.2, -0.15) is 0 Å². The highest BCUT2D eigenvalue weighted by atomic mass is 16.5. The van der Waals surface area contributed by atoms with Gasteiger partial charge in [0.25, 0.3) is 0 Å². The van der Waals surface area contributed by atoms with Gasteiger partial charge in [-0.25, -0.2) is 0 Å². The number of phenols is 1. The molecule has 0 aliphatic rings. The van der Waals surface area contributed by atoms with Crippen molar-refractivity contribution in [1.82, 2.24) is 0 Å². The number of methoxy groups -OCH3 is 1. The summed E-state index contributed by atoms with van der Waals surface area (Å²) in [4.78, 5) is 12.0. The molecule has 0 fully saturated rings. The molecular formula is C16H14O3. The fourth-order valence-corrected chi connectivity index (χ4v) is 1.74. The number of rotatable bonds is 4. The Morgan fingerprint density at radius 2 is 1.79 bits per heavy atom. The number of phenolic OH excluding ortho intramolecular Hbond substituents is 1. The summed E-state index contributed by atoms with van der Waals surface area (Å²) in [7, 11) is 1.58. The van der Waals surface area contributed by atoms with Gasteiger partial charge < -0.3 is 9.84 Å². The van der Waals surface area contributed by atoms with Gasteiger partial charge in [0, 0.05) is 5.56 Å². The standard InChI is InChI=1S/C16H14O3/c1-19-16-9-5-2-6-12(16)10-11-15(18)13-7-3-4-8-14(13)17/h2-11,17H,1H3. The summed E-state index contributed by atoms with van der Waals surface area (Å²) in [5, 5.41) is 9.60. The molecule has 3 nitrogen and oxygen atoms in total. The molecule has 0 aliphatic heterocycles. The molecule has 2 aromatic rings. The lowest BCUT2D eigenvalue weighted by molar-refractivity contribution is 0.104. The molecule has 2 aromatic carbocycles. The van der Waals surface area contributed by atoms with Crippen LogP contribution in [0.4, 0.5) is 0 Å². The fraction of sp³-hybridized carbons (Fsp3) is 0.0625. The van der Waals surface area contributed by atoms with E-state index >= 15 is 0 Å². The number of carbonyl (C=O) groups excluding carboxylic acids is 1. The number of benzene rings is 2. The average molecular weight is 254 g/mol. The Kier molecular flexibility index (Phi) is 3.98. The van der Waals surface area contributed by atoms with Crippen molar-refractivity contribution in [2.45, 2.75) is 0 Å². The lowest BCUT2D eigenvalue weighted by Gasteiger charge is -2.03. The molecular weight excluding hydrogens is 240 g/mol. The second kappa shape index (κ2) is 5.87. The molecule has 0 aromatic heterocycles. The molecule has 96 valence electrons. The van der Waals surface area contributed by atoms with Crippen molar-refractivity contribution < 1.29 is 14.6 Å². The largest absolute Gasteiger partial charge is 0.507 e. The normalized spacial score (nSPS) is 10.6. The molecule has 0 saturated heterocycles. The predicted octanol–water partition coefficient (Wildman–Crippen LogP) is 3.30. The first-order valence-electron chi connectivity index (χ1n) is 5.86. The molecule has 0 saturated carbocycles. The quantitative estimate of drug-likeness (QED) is 0.672. The van der Waals surface area contributed by atoms with Crippen LogP contribution in [0.3, 0.4) is 0 Å². The maximum Gasteiger partial charge on any atom is 0.189 e. The number of ether oxygens (including phenoxy) is 1. The summed E-state index contributed by atoms with van der Waals surface area (Å²) in [5.74, 6) is 0.435. The topological polar surface area (TPSA) is 46.5 Å². The van der Waals surface area contributed by atoms with Gasteiger partial charge in [-0.3, -0.25) is 4.79 Å². The number of hydrogen-bond acceptors (Lipinski definition) is 3. The van der Waals surface area contributed by atoms with Gasteiger partial charge in [-0.1, -0.05) is 30.3 Å². The van der Waals surface area contributed by atoms with Crippen LogP contribution in [0.25, 0.3) is 6.08 Å². The lowest BCUT2D eigenvalue weighted by atomic mass is 10.1. The van der Waals surface area contributed by atoms with Gasteiger partial charge >= 0.3 is 0 Å². The zero-order valence-electron chi connectivity index (χ0n) is 10.5. The van der Waals surface area contributed by atoms with E-state index in [1.165, 1.54) is 12.1 Å². The summed E-state index contributed by atoms with van der Waals surface area (Å²) < 4.78 is 5.20. The van der Waals surface area contributed by atoms with Crippen molar-refractivity contribution in [2.75, 3.05) is 7.11 Å².